The fourth-order valence-electron chi connectivity index (χ4n) is 11.8. The van der Waals surface area contributed by atoms with Gasteiger partial charge in [0.05, 0.1) is 25.4 Å². The Bertz CT molecular complexity index is 1190. The highest BCUT2D eigenvalue weighted by Crippen LogP contribution is 2.19. The summed E-state index contributed by atoms with van der Waals surface area (Å²) in [6.45, 7) is 4.96. The zero-order valence-electron chi connectivity index (χ0n) is 53.9. The molecule has 0 saturated carbocycles. The Kier molecular flexibility index (Phi) is 67.9. The number of unbranched alkanes of at least 4 members (excludes halogenated alkanes) is 58. The summed E-state index contributed by atoms with van der Waals surface area (Å²) < 4.78 is 5.50. The first-order chi connectivity index (χ1) is 39.0. The van der Waals surface area contributed by atoms with Crippen LogP contribution in [-0.2, 0) is 14.3 Å². The van der Waals surface area contributed by atoms with Gasteiger partial charge in [-0.25, -0.2) is 0 Å². The molecular formula is C73H143NO5. The van der Waals surface area contributed by atoms with E-state index in [4.69, 9.17) is 4.74 Å². The molecule has 0 fully saturated rings. The lowest BCUT2D eigenvalue weighted by Crippen LogP contribution is -2.45. The lowest BCUT2D eigenvalue weighted by molar-refractivity contribution is -0.143. The number of nitrogens with one attached hydrogen (secondary N) is 1. The van der Waals surface area contributed by atoms with Crippen LogP contribution in [0.3, 0.4) is 0 Å². The molecule has 0 radical (unpaired) electrons. The first-order valence-electron chi connectivity index (χ1n) is 36.5. The maximum absolute atomic E-state index is 12.5. The predicted octanol–water partition coefficient (Wildman–Crippen LogP) is 23.5. The second-order valence-electron chi connectivity index (χ2n) is 25.3. The van der Waals surface area contributed by atoms with Gasteiger partial charge in [-0.1, -0.05) is 386 Å². The van der Waals surface area contributed by atoms with Gasteiger partial charge in [-0.15, -0.1) is 0 Å². The number of aliphatic hydroxyl groups is 2. The predicted molar refractivity (Wildman–Crippen MR) is 347 cm³/mol. The Hall–Kier alpha value is -1.40. The number of allylic oxidation sites excluding steroid dienone is 1. The van der Waals surface area contributed by atoms with Gasteiger partial charge in [0.2, 0.25) is 5.91 Å². The third-order valence-electron chi connectivity index (χ3n) is 17.3. The topological polar surface area (TPSA) is 95.9 Å². The number of hydrogen-bond acceptors (Lipinski definition) is 5. The molecule has 2 atom stereocenters. The molecule has 0 saturated heterocycles. The fraction of sp³-hybridized carbons (Fsp3) is 0.945. The largest absolute Gasteiger partial charge is 0.466 e. The molecule has 0 aromatic heterocycles. The minimum atomic E-state index is -0.844. The lowest BCUT2D eigenvalue weighted by Gasteiger charge is -2.20. The highest BCUT2D eigenvalue weighted by molar-refractivity contribution is 5.76. The number of carbonyl (C=O) groups is 2. The number of carbonyl (C=O) groups excluding carboxylic acids is 2. The molecule has 0 aliphatic carbocycles. The van der Waals surface area contributed by atoms with Gasteiger partial charge in [-0.05, 0) is 32.1 Å². The first kappa shape index (κ1) is 77.6. The highest BCUT2D eigenvalue weighted by atomic mass is 16.5. The standard InChI is InChI=1S/C73H143NO5/c1-3-5-7-9-11-13-15-17-19-20-21-22-25-28-31-34-38-41-45-49-53-57-61-65-71(76)70(69-75)74-72(77)66-62-58-54-50-46-42-39-35-32-29-26-23-24-27-30-33-36-40-44-48-52-56-60-64-68-79-73(78)67-63-59-55-51-47-43-37-18-16-14-12-10-8-6-4-2/h61,65,70-71,75-76H,3-60,62-64,66-69H2,1-2H3,(H,74,77)/b65-61+. The smallest absolute Gasteiger partial charge is 0.305 e. The van der Waals surface area contributed by atoms with Crippen LogP contribution in [0, 0.1) is 0 Å². The van der Waals surface area contributed by atoms with Crippen molar-refractivity contribution in [2.75, 3.05) is 13.2 Å². The lowest BCUT2D eigenvalue weighted by atomic mass is 10.0. The minimum absolute atomic E-state index is 0.0191. The molecule has 0 heterocycles. The van der Waals surface area contributed by atoms with E-state index in [0.717, 1.165) is 38.5 Å². The number of aliphatic hydroxyl groups excluding tert-OH is 2. The third-order valence-corrected chi connectivity index (χ3v) is 17.3. The molecule has 0 spiro atoms. The van der Waals surface area contributed by atoms with Gasteiger partial charge in [0.25, 0.3) is 0 Å². The van der Waals surface area contributed by atoms with Gasteiger partial charge >= 0.3 is 5.97 Å². The zero-order valence-corrected chi connectivity index (χ0v) is 53.9. The van der Waals surface area contributed by atoms with Crippen molar-refractivity contribution in [2.45, 2.75) is 431 Å². The molecule has 0 aromatic rings. The summed E-state index contributed by atoms with van der Waals surface area (Å²) in [5.41, 5.74) is 0. The van der Waals surface area contributed by atoms with Crippen LogP contribution in [0.1, 0.15) is 418 Å². The normalized spacial score (nSPS) is 12.5. The molecule has 2 unspecified atom stereocenters. The van der Waals surface area contributed by atoms with Crippen LogP contribution >= 0.6 is 0 Å². The van der Waals surface area contributed by atoms with E-state index in [9.17, 15) is 19.8 Å². The molecule has 79 heavy (non-hydrogen) atoms. The van der Waals surface area contributed by atoms with Crippen LogP contribution in [-0.4, -0.2) is 47.4 Å². The van der Waals surface area contributed by atoms with Gasteiger partial charge in [0.15, 0.2) is 0 Å². The van der Waals surface area contributed by atoms with Crippen LogP contribution in [0.2, 0.25) is 0 Å². The zero-order chi connectivity index (χ0) is 57.1. The minimum Gasteiger partial charge on any atom is -0.466 e. The van der Waals surface area contributed by atoms with E-state index in [1.807, 2.05) is 6.08 Å². The summed E-state index contributed by atoms with van der Waals surface area (Å²) in [6.07, 6.45) is 85.8. The number of rotatable bonds is 69. The molecule has 470 valence electrons. The van der Waals surface area contributed by atoms with Crippen LogP contribution in [0.15, 0.2) is 12.2 Å². The van der Waals surface area contributed by atoms with Crippen molar-refractivity contribution in [2.24, 2.45) is 0 Å². The maximum atomic E-state index is 12.5. The second kappa shape index (κ2) is 69.1. The van der Waals surface area contributed by atoms with Gasteiger partial charge in [0, 0.05) is 12.8 Å². The van der Waals surface area contributed by atoms with Crippen molar-refractivity contribution < 1.29 is 24.5 Å². The molecule has 6 nitrogen and oxygen atoms in total. The molecule has 0 aliphatic rings. The maximum Gasteiger partial charge on any atom is 0.305 e. The van der Waals surface area contributed by atoms with Crippen molar-refractivity contribution in [1.29, 1.82) is 0 Å². The van der Waals surface area contributed by atoms with Crippen molar-refractivity contribution in [3.63, 3.8) is 0 Å². The van der Waals surface area contributed by atoms with Crippen molar-refractivity contribution in [3.8, 4) is 0 Å². The molecule has 6 heteroatoms. The Morgan fingerprint density at radius 2 is 0.582 bits per heavy atom. The summed E-state index contributed by atoms with van der Waals surface area (Å²) in [5.74, 6) is -0.0425. The molecule has 3 N–H and O–H groups in total. The van der Waals surface area contributed by atoms with Crippen LogP contribution < -0.4 is 5.32 Å². The quantitative estimate of drug-likeness (QED) is 0.0320. The van der Waals surface area contributed by atoms with E-state index < -0.39 is 12.1 Å². The highest BCUT2D eigenvalue weighted by Gasteiger charge is 2.18. The number of ether oxygens (including phenoxy) is 1. The Balaban J connectivity index is 3.38. The summed E-state index contributed by atoms with van der Waals surface area (Å²) in [6, 6.07) is -0.628. The van der Waals surface area contributed by atoms with E-state index in [-0.39, 0.29) is 18.5 Å². The fourth-order valence-corrected chi connectivity index (χ4v) is 11.8. The molecule has 0 aromatic carbocycles. The van der Waals surface area contributed by atoms with E-state index >= 15 is 0 Å². The SMILES string of the molecule is CCCCCCCCCCCCCCCCCCCCCCC/C=C/C(O)C(CO)NC(=O)CCCCCCCCCCCCCCCCCCCCCCCCCCOC(=O)CCCCCCCCCCCCCCCCC. The summed E-state index contributed by atoms with van der Waals surface area (Å²) in [4.78, 5) is 24.6. The first-order valence-corrected chi connectivity index (χ1v) is 36.5. The van der Waals surface area contributed by atoms with E-state index in [1.165, 1.54) is 353 Å². The van der Waals surface area contributed by atoms with Gasteiger partial charge < -0.3 is 20.3 Å². The monoisotopic (exact) mass is 1110 g/mol. The average molecular weight is 1110 g/mol. The Morgan fingerprint density at radius 1 is 0.342 bits per heavy atom. The molecule has 0 aliphatic heterocycles. The van der Waals surface area contributed by atoms with Crippen molar-refractivity contribution in [3.05, 3.63) is 12.2 Å². The average Bonchev–Trinajstić information content (AvgIpc) is 3.45. The van der Waals surface area contributed by atoms with Gasteiger partial charge in [-0.3, -0.25) is 9.59 Å². The molecular weight excluding hydrogens is 971 g/mol. The van der Waals surface area contributed by atoms with Crippen molar-refractivity contribution in [1.82, 2.24) is 5.32 Å². The molecule has 0 rings (SSSR count). The van der Waals surface area contributed by atoms with Crippen molar-refractivity contribution >= 4 is 11.9 Å². The van der Waals surface area contributed by atoms with Gasteiger partial charge in [-0.2, -0.15) is 0 Å². The van der Waals surface area contributed by atoms with Crippen LogP contribution in [0.5, 0.6) is 0 Å². The van der Waals surface area contributed by atoms with E-state index in [1.54, 1.807) is 6.08 Å². The number of hydrogen-bond donors (Lipinski definition) is 3. The third kappa shape index (κ3) is 65.6. The summed E-state index contributed by atoms with van der Waals surface area (Å²) in [7, 11) is 0. The molecule has 1 amide bonds. The summed E-state index contributed by atoms with van der Waals surface area (Å²) in [5, 5.41) is 23.3. The van der Waals surface area contributed by atoms with Crippen LogP contribution in [0.25, 0.3) is 0 Å². The number of amides is 1. The van der Waals surface area contributed by atoms with E-state index in [2.05, 4.69) is 19.2 Å². The van der Waals surface area contributed by atoms with Gasteiger partial charge in [0.1, 0.15) is 0 Å². The van der Waals surface area contributed by atoms with E-state index in [0.29, 0.717) is 19.4 Å². The molecule has 0 bridgehead atoms. The van der Waals surface area contributed by atoms with Crippen LogP contribution in [0.4, 0.5) is 0 Å². The Labute approximate surface area is 495 Å². The summed E-state index contributed by atoms with van der Waals surface area (Å²) >= 11 is 0. The second-order valence-corrected chi connectivity index (χ2v) is 25.3. The Morgan fingerprint density at radius 3 is 0.861 bits per heavy atom. The number of esters is 1.